The van der Waals surface area contributed by atoms with Gasteiger partial charge >= 0.3 is 6.03 Å². The number of amides is 4. The summed E-state index contributed by atoms with van der Waals surface area (Å²) in [5.74, 6) is -0.273. The quantitative estimate of drug-likeness (QED) is 0.671. The highest BCUT2D eigenvalue weighted by Crippen LogP contribution is 2.35. The number of hydrazine groups is 1. The van der Waals surface area contributed by atoms with Crippen LogP contribution in [0.15, 0.2) is 24.3 Å². The Morgan fingerprint density at radius 1 is 1.37 bits per heavy atom. The van der Waals surface area contributed by atoms with E-state index in [9.17, 15) is 14.4 Å². The van der Waals surface area contributed by atoms with E-state index in [4.69, 9.17) is 11.6 Å². The number of carbonyl (C=O) groups excluding carboxylic acids is 3. The van der Waals surface area contributed by atoms with Gasteiger partial charge in [0, 0.05) is 11.1 Å². The summed E-state index contributed by atoms with van der Waals surface area (Å²) in [7, 11) is 0. The van der Waals surface area contributed by atoms with Crippen molar-refractivity contribution in [1.82, 2.24) is 21.1 Å². The summed E-state index contributed by atoms with van der Waals surface area (Å²) in [6.07, 6.45) is 2.98. The van der Waals surface area contributed by atoms with Crippen molar-refractivity contribution >= 4 is 29.4 Å². The maximum atomic E-state index is 12.7. The topological polar surface area (TPSA) is 90.5 Å². The molecule has 7 nitrogen and oxygen atoms in total. The molecule has 1 aromatic carbocycles. The largest absolute Gasteiger partial charge is 0.344 e. The smallest absolute Gasteiger partial charge is 0.322 e. The van der Waals surface area contributed by atoms with Crippen molar-refractivity contribution in [3.63, 3.8) is 0 Å². The van der Waals surface area contributed by atoms with E-state index in [1.165, 1.54) is 0 Å². The Bertz CT molecular complexity index is 746. The van der Waals surface area contributed by atoms with Crippen LogP contribution in [0.1, 0.15) is 51.1 Å². The van der Waals surface area contributed by atoms with E-state index in [1.807, 2.05) is 25.1 Å². The van der Waals surface area contributed by atoms with E-state index in [0.717, 1.165) is 23.4 Å². The van der Waals surface area contributed by atoms with E-state index in [0.29, 0.717) is 23.8 Å². The van der Waals surface area contributed by atoms with Gasteiger partial charge in [-0.2, -0.15) is 5.01 Å². The summed E-state index contributed by atoms with van der Waals surface area (Å²) in [5.41, 5.74) is 2.51. The number of imide groups is 1. The van der Waals surface area contributed by atoms with Crippen LogP contribution >= 0.6 is 11.6 Å². The first-order valence-corrected chi connectivity index (χ1v) is 9.63. The molecule has 8 heteroatoms. The van der Waals surface area contributed by atoms with Gasteiger partial charge in [0.15, 0.2) is 0 Å². The number of rotatable bonds is 5. The molecule has 1 heterocycles. The predicted molar refractivity (Wildman–Crippen MR) is 102 cm³/mol. The highest BCUT2D eigenvalue weighted by atomic mass is 35.5. The van der Waals surface area contributed by atoms with Crippen molar-refractivity contribution in [1.29, 1.82) is 0 Å². The third-order valence-electron chi connectivity index (χ3n) is 5.44. The molecule has 2 aliphatic rings. The zero-order valence-corrected chi connectivity index (χ0v) is 16.3. The SMILES string of the molecule is CC1CCC2(CC1)NC(=O)N(NC(=O)CN[C@H](C)c1cccc(Cl)c1)C2=O. The van der Waals surface area contributed by atoms with Crippen molar-refractivity contribution < 1.29 is 14.4 Å². The highest BCUT2D eigenvalue weighted by molar-refractivity contribution is 6.30. The van der Waals surface area contributed by atoms with Crippen LogP contribution in [0, 0.1) is 5.92 Å². The standard InChI is InChI=1S/C19H25ClN4O3/c1-12-6-8-19(9-7-12)17(26)24(18(27)22-19)23-16(25)11-21-13(2)14-4-3-5-15(20)10-14/h3-5,10,12-13,21H,6-9,11H2,1-2H3,(H,22,27)(H,23,25)/t12?,13-,19?/m1/s1. The molecule has 1 saturated carbocycles. The Hall–Kier alpha value is -2.12. The summed E-state index contributed by atoms with van der Waals surface area (Å²) < 4.78 is 0. The van der Waals surface area contributed by atoms with Crippen LogP contribution in [0.25, 0.3) is 0 Å². The van der Waals surface area contributed by atoms with Gasteiger partial charge in [-0.25, -0.2) is 4.79 Å². The lowest BCUT2D eigenvalue weighted by molar-refractivity contribution is -0.139. The molecule has 1 aliphatic heterocycles. The molecule has 2 fully saturated rings. The molecule has 146 valence electrons. The van der Waals surface area contributed by atoms with Crippen molar-refractivity contribution in [2.45, 2.75) is 51.1 Å². The first-order chi connectivity index (χ1) is 12.8. The zero-order valence-electron chi connectivity index (χ0n) is 15.5. The molecule has 1 spiro atoms. The molecule has 3 rings (SSSR count). The summed E-state index contributed by atoms with van der Waals surface area (Å²) in [6.45, 7) is 4.01. The molecule has 3 N–H and O–H groups in total. The molecule has 0 aromatic heterocycles. The van der Waals surface area contributed by atoms with Crippen LogP contribution in [0.2, 0.25) is 5.02 Å². The van der Waals surface area contributed by atoms with Crippen LogP contribution in [0.5, 0.6) is 0 Å². The van der Waals surface area contributed by atoms with E-state index in [-0.39, 0.29) is 18.5 Å². The number of hydrogen-bond acceptors (Lipinski definition) is 4. The molecular formula is C19H25ClN4O3. The second kappa shape index (κ2) is 7.86. The van der Waals surface area contributed by atoms with Crippen LogP contribution in [-0.2, 0) is 9.59 Å². The predicted octanol–water partition coefficient (Wildman–Crippen LogP) is 2.52. The highest BCUT2D eigenvalue weighted by Gasteiger charge is 2.52. The van der Waals surface area contributed by atoms with Crippen molar-refractivity contribution in [3.05, 3.63) is 34.9 Å². The molecule has 4 amide bonds. The maximum Gasteiger partial charge on any atom is 0.344 e. The van der Waals surface area contributed by atoms with Crippen LogP contribution < -0.4 is 16.1 Å². The molecule has 27 heavy (non-hydrogen) atoms. The molecule has 1 aromatic rings. The van der Waals surface area contributed by atoms with Gasteiger partial charge in [0.1, 0.15) is 5.54 Å². The Kier molecular flexibility index (Phi) is 5.72. The summed E-state index contributed by atoms with van der Waals surface area (Å²) >= 11 is 5.98. The van der Waals surface area contributed by atoms with Crippen LogP contribution in [0.4, 0.5) is 4.79 Å². The van der Waals surface area contributed by atoms with E-state index in [1.54, 1.807) is 6.07 Å². The van der Waals surface area contributed by atoms with Gasteiger partial charge < -0.3 is 10.6 Å². The fraction of sp³-hybridized carbons (Fsp3) is 0.526. The number of carbonyl (C=O) groups is 3. The van der Waals surface area contributed by atoms with Crippen LogP contribution in [0.3, 0.4) is 0 Å². The van der Waals surface area contributed by atoms with Gasteiger partial charge in [0.05, 0.1) is 6.54 Å². The van der Waals surface area contributed by atoms with Crippen molar-refractivity contribution in [3.8, 4) is 0 Å². The summed E-state index contributed by atoms with van der Waals surface area (Å²) in [4.78, 5) is 37.2. The van der Waals surface area contributed by atoms with Gasteiger partial charge in [-0.05, 0) is 56.2 Å². The summed E-state index contributed by atoms with van der Waals surface area (Å²) in [6, 6.07) is 6.68. The Balaban J connectivity index is 1.54. The second-order valence-electron chi connectivity index (χ2n) is 7.53. The minimum atomic E-state index is -0.863. The lowest BCUT2D eigenvalue weighted by atomic mass is 9.77. The lowest BCUT2D eigenvalue weighted by Crippen LogP contribution is -2.52. The average molecular weight is 393 g/mol. The maximum absolute atomic E-state index is 12.7. The Morgan fingerprint density at radius 3 is 2.74 bits per heavy atom. The van der Waals surface area contributed by atoms with Crippen LogP contribution in [-0.4, -0.2) is 34.9 Å². The number of nitrogens with zero attached hydrogens (tertiary/aromatic N) is 1. The van der Waals surface area contributed by atoms with E-state index in [2.05, 4.69) is 23.0 Å². The number of urea groups is 1. The van der Waals surface area contributed by atoms with E-state index < -0.39 is 17.5 Å². The van der Waals surface area contributed by atoms with Gasteiger partial charge in [-0.1, -0.05) is 30.7 Å². The normalized spacial score (nSPS) is 26.2. The van der Waals surface area contributed by atoms with Crippen molar-refractivity contribution in [2.75, 3.05) is 6.54 Å². The number of hydrogen-bond donors (Lipinski definition) is 3. The molecule has 1 atom stereocenters. The monoisotopic (exact) mass is 392 g/mol. The Labute approximate surface area is 163 Å². The second-order valence-corrected chi connectivity index (χ2v) is 7.96. The molecule has 1 saturated heterocycles. The minimum absolute atomic E-state index is 0.0330. The number of halogens is 1. The molecular weight excluding hydrogens is 368 g/mol. The molecule has 0 unspecified atom stereocenters. The van der Waals surface area contributed by atoms with E-state index >= 15 is 0 Å². The third kappa shape index (κ3) is 4.25. The molecule has 0 radical (unpaired) electrons. The van der Waals surface area contributed by atoms with Gasteiger partial charge in [-0.15, -0.1) is 0 Å². The van der Waals surface area contributed by atoms with Gasteiger partial charge in [0.2, 0.25) is 0 Å². The van der Waals surface area contributed by atoms with Gasteiger partial charge in [0.25, 0.3) is 11.8 Å². The minimum Gasteiger partial charge on any atom is -0.322 e. The fourth-order valence-corrected chi connectivity index (χ4v) is 3.82. The Morgan fingerprint density at radius 2 is 2.07 bits per heavy atom. The molecule has 0 bridgehead atoms. The van der Waals surface area contributed by atoms with Crippen molar-refractivity contribution in [2.24, 2.45) is 5.92 Å². The first-order valence-electron chi connectivity index (χ1n) is 9.26. The molecule has 1 aliphatic carbocycles. The number of nitrogens with one attached hydrogen (secondary N) is 3. The third-order valence-corrected chi connectivity index (χ3v) is 5.68. The average Bonchev–Trinajstić information content (AvgIpc) is 2.86. The first kappa shape index (κ1) is 19.6. The van der Waals surface area contributed by atoms with Gasteiger partial charge in [-0.3, -0.25) is 15.0 Å². The fourth-order valence-electron chi connectivity index (χ4n) is 3.62. The lowest BCUT2D eigenvalue weighted by Gasteiger charge is -2.33. The number of benzene rings is 1. The summed E-state index contributed by atoms with van der Waals surface area (Å²) in [5, 5.41) is 7.29. The zero-order chi connectivity index (χ0) is 19.6.